The van der Waals surface area contributed by atoms with E-state index < -0.39 is 0 Å². The van der Waals surface area contributed by atoms with Crippen LogP contribution in [0.3, 0.4) is 0 Å². The van der Waals surface area contributed by atoms with Crippen molar-refractivity contribution in [2.45, 2.75) is 17.6 Å². The highest BCUT2D eigenvalue weighted by atomic mass is 35.5. The van der Waals surface area contributed by atoms with Gasteiger partial charge in [-0.2, -0.15) is 0 Å². The van der Waals surface area contributed by atoms with Gasteiger partial charge in [-0.25, -0.2) is 4.39 Å². The molecule has 0 amide bonds. The van der Waals surface area contributed by atoms with E-state index in [9.17, 15) is 4.39 Å². The van der Waals surface area contributed by atoms with Gasteiger partial charge in [0.1, 0.15) is 5.82 Å². The zero-order chi connectivity index (χ0) is 13.1. The summed E-state index contributed by atoms with van der Waals surface area (Å²) in [6.45, 7) is 2.01. The van der Waals surface area contributed by atoms with Crippen LogP contribution in [0.25, 0.3) is 0 Å². The normalized spacial score (nSPS) is 10.6. The van der Waals surface area contributed by atoms with Gasteiger partial charge < -0.3 is 5.73 Å². The molecule has 0 fully saturated rings. The van der Waals surface area contributed by atoms with Crippen LogP contribution in [0.4, 0.5) is 10.1 Å². The maximum atomic E-state index is 13.7. The minimum Gasteiger partial charge on any atom is -0.399 e. The van der Waals surface area contributed by atoms with Crippen LogP contribution in [0.15, 0.2) is 41.3 Å². The Morgan fingerprint density at radius 2 is 2.06 bits per heavy atom. The van der Waals surface area contributed by atoms with Crippen LogP contribution >= 0.6 is 23.4 Å². The van der Waals surface area contributed by atoms with Crippen molar-refractivity contribution in [2.24, 2.45) is 0 Å². The van der Waals surface area contributed by atoms with Gasteiger partial charge in [0.2, 0.25) is 0 Å². The van der Waals surface area contributed by atoms with Crippen LogP contribution in [-0.2, 0) is 5.75 Å². The zero-order valence-electron chi connectivity index (χ0n) is 9.91. The predicted molar refractivity (Wildman–Crippen MR) is 76.6 cm³/mol. The minimum atomic E-state index is -0.340. The molecule has 2 rings (SSSR count). The molecular weight excluding hydrogens is 269 g/mol. The van der Waals surface area contributed by atoms with Gasteiger partial charge in [0.05, 0.1) is 5.02 Å². The summed E-state index contributed by atoms with van der Waals surface area (Å²) in [7, 11) is 0. The molecule has 2 N–H and O–H groups in total. The number of anilines is 1. The lowest BCUT2D eigenvalue weighted by atomic mass is 10.2. The van der Waals surface area contributed by atoms with Crippen molar-refractivity contribution in [3.05, 3.63) is 58.4 Å². The molecule has 0 aliphatic rings. The Morgan fingerprint density at radius 1 is 1.28 bits per heavy atom. The summed E-state index contributed by atoms with van der Waals surface area (Å²) in [4.78, 5) is 1.06. The number of hydrogen-bond acceptors (Lipinski definition) is 2. The van der Waals surface area contributed by atoms with Crippen molar-refractivity contribution < 1.29 is 4.39 Å². The van der Waals surface area contributed by atoms with E-state index >= 15 is 0 Å². The van der Waals surface area contributed by atoms with Crippen molar-refractivity contribution in [3.8, 4) is 0 Å². The van der Waals surface area contributed by atoms with Crippen molar-refractivity contribution in [2.75, 3.05) is 5.73 Å². The van der Waals surface area contributed by atoms with Gasteiger partial charge in [-0.3, -0.25) is 0 Å². The van der Waals surface area contributed by atoms with E-state index in [2.05, 4.69) is 0 Å². The number of nitrogens with two attached hydrogens (primary N) is 1. The molecule has 0 saturated heterocycles. The van der Waals surface area contributed by atoms with Crippen molar-refractivity contribution in [3.63, 3.8) is 0 Å². The van der Waals surface area contributed by atoms with E-state index in [1.54, 1.807) is 30.0 Å². The molecule has 0 heterocycles. The number of hydrogen-bond donors (Lipinski definition) is 1. The molecule has 94 valence electrons. The lowest BCUT2D eigenvalue weighted by Crippen LogP contribution is -1.91. The van der Waals surface area contributed by atoms with Gasteiger partial charge in [-0.15, -0.1) is 11.8 Å². The molecule has 4 heteroatoms. The Balaban J connectivity index is 2.16. The van der Waals surface area contributed by atoms with Crippen LogP contribution in [0.1, 0.15) is 11.1 Å². The molecule has 0 aliphatic heterocycles. The van der Waals surface area contributed by atoms with E-state index in [0.29, 0.717) is 11.3 Å². The predicted octanol–water partition coefficient (Wildman–Crippen LogP) is 4.66. The highest BCUT2D eigenvalue weighted by Crippen LogP contribution is 2.29. The van der Waals surface area contributed by atoms with Gasteiger partial charge in [0.25, 0.3) is 0 Å². The molecule has 18 heavy (non-hydrogen) atoms. The molecule has 0 bridgehead atoms. The number of thioether (sulfide) groups is 1. The monoisotopic (exact) mass is 281 g/mol. The Morgan fingerprint density at radius 3 is 2.83 bits per heavy atom. The molecule has 0 atom stereocenters. The van der Waals surface area contributed by atoms with Crippen molar-refractivity contribution in [1.82, 2.24) is 0 Å². The van der Waals surface area contributed by atoms with Gasteiger partial charge in [-0.05, 0) is 36.2 Å². The van der Waals surface area contributed by atoms with E-state index in [4.69, 9.17) is 17.3 Å². The smallest absolute Gasteiger partial charge is 0.145 e. The molecule has 1 nitrogen and oxygen atoms in total. The lowest BCUT2D eigenvalue weighted by molar-refractivity contribution is 0.618. The lowest BCUT2D eigenvalue weighted by Gasteiger charge is -2.08. The molecule has 0 aliphatic carbocycles. The number of aryl methyl sites for hydroxylation is 1. The summed E-state index contributed by atoms with van der Waals surface area (Å²) in [5, 5.41) is 0.164. The molecule has 0 aromatic heterocycles. The molecule has 0 unspecified atom stereocenters. The van der Waals surface area contributed by atoms with E-state index in [-0.39, 0.29) is 10.8 Å². The second-order valence-corrected chi connectivity index (χ2v) is 5.45. The van der Waals surface area contributed by atoms with E-state index in [1.807, 2.05) is 25.1 Å². The average Bonchev–Trinajstić information content (AvgIpc) is 2.35. The Kier molecular flexibility index (Phi) is 4.15. The first kappa shape index (κ1) is 13.2. The molecular formula is C14H13ClFNS. The number of rotatable bonds is 3. The summed E-state index contributed by atoms with van der Waals surface area (Å²) in [5.41, 5.74) is 8.20. The third-order valence-corrected chi connectivity index (χ3v) is 4.13. The van der Waals surface area contributed by atoms with Gasteiger partial charge in [0, 0.05) is 16.3 Å². The quantitative estimate of drug-likeness (QED) is 0.654. The van der Waals surface area contributed by atoms with E-state index in [1.165, 1.54) is 0 Å². The average molecular weight is 282 g/mol. The van der Waals surface area contributed by atoms with Crippen LogP contribution in [0.2, 0.25) is 5.02 Å². The summed E-state index contributed by atoms with van der Waals surface area (Å²) >= 11 is 7.31. The summed E-state index contributed by atoms with van der Waals surface area (Å²) < 4.78 is 13.7. The first-order valence-corrected chi connectivity index (χ1v) is 6.86. The molecule has 0 spiro atoms. The number of benzene rings is 2. The van der Waals surface area contributed by atoms with Crippen molar-refractivity contribution in [1.29, 1.82) is 0 Å². The maximum absolute atomic E-state index is 13.7. The summed E-state index contributed by atoms with van der Waals surface area (Å²) in [6.07, 6.45) is 0. The zero-order valence-corrected chi connectivity index (χ0v) is 11.5. The minimum absolute atomic E-state index is 0.164. The second-order valence-electron chi connectivity index (χ2n) is 4.03. The van der Waals surface area contributed by atoms with Gasteiger partial charge in [-0.1, -0.05) is 29.8 Å². The second kappa shape index (κ2) is 5.63. The first-order valence-electron chi connectivity index (χ1n) is 5.50. The third kappa shape index (κ3) is 2.98. The van der Waals surface area contributed by atoms with Crippen LogP contribution in [0.5, 0.6) is 0 Å². The maximum Gasteiger partial charge on any atom is 0.145 e. The summed E-state index contributed by atoms with van der Waals surface area (Å²) in [5.74, 6) is 0.199. The SMILES string of the molecule is Cc1ccc(N)cc1SCc1cccc(Cl)c1F. The van der Waals surface area contributed by atoms with Crippen LogP contribution < -0.4 is 5.73 Å². The Bertz CT molecular complexity index is 570. The number of nitrogen functional groups attached to an aromatic ring is 1. The fraction of sp³-hybridized carbons (Fsp3) is 0.143. The molecule has 2 aromatic rings. The topological polar surface area (TPSA) is 26.0 Å². The fourth-order valence-corrected chi connectivity index (χ4v) is 2.83. The highest BCUT2D eigenvalue weighted by Gasteiger charge is 2.07. The highest BCUT2D eigenvalue weighted by molar-refractivity contribution is 7.98. The molecule has 0 radical (unpaired) electrons. The van der Waals surface area contributed by atoms with Crippen LogP contribution in [0, 0.1) is 12.7 Å². The first-order chi connectivity index (χ1) is 8.58. The number of halogens is 2. The Hall–Kier alpha value is -1.19. The van der Waals surface area contributed by atoms with Gasteiger partial charge in [0.15, 0.2) is 0 Å². The van der Waals surface area contributed by atoms with Crippen LogP contribution in [-0.4, -0.2) is 0 Å². The molecule has 0 saturated carbocycles. The van der Waals surface area contributed by atoms with Crippen molar-refractivity contribution >= 4 is 29.1 Å². The standard InChI is InChI=1S/C14H13ClFNS/c1-9-5-6-11(17)7-13(9)18-8-10-3-2-4-12(15)14(10)16/h2-7H,8,17H2,1H3. The largest absolute Gasteiger partial charge is 0.399 e. The Labute approximate surface area is 115 Å². The third-order valence-electron chi connectivity index (χ3n) is 2.63. The molecule has 2 aromatic carbocycles. The van der Waals surface area contributed by atoms with Gasteiger partial charge >= 0.3 is 0 Å². The summed E-state index contributed by atoms with van der Waals surface area (Å²) in [6, 6.07) is 10.8. The van der Waals surface area contributed by atoms with E-state index in [0.717, 1.165) is 16.1 Å². The fourth-order valence-electron chi connectivity index (χ4n) is 1.59.